The zero-order chi connectivity index (χ0) is 8.39. The molecule has 0 atom stereocenters. The smallest absolute Gasteiger partial charge is 0.115 e. The average molecular weight is 241 g/mol. The number of rotatable bonds is 1. The van der Waals surface area contributed by atoms with Crippen molar-refractivity contribution in [3.05, 3.63) is 34.6 Å². The molecular weight excluding hydrogens is 236 g/mol. The maximum absolute atomic E-state index is 3.95. The van der Waals surface area contributed by atoms with Crippen molar-refractivity contribution in [2.75, 3.05) is 0 Å². The van der Waals surface area contributed by atoms with Gasteiger partial charge in [0, 0.05) is 32.7 Å². The summed E-state index contributed by atoms with van der Waals surface area (Å²) in [4.78, 5) is 9.08. The highest BCUT2D eigenvalue weighted by Crippen LogP contribution is 2.28. The third-order valence-corrected chi connectivity index (χ3v) is 3.15. The Morgan fingerprint density at radius 2 is 2.00 bits per heavy atom. The minimum absolute atomic E-state index is 1.06. The second kappa shape index (κ2) is 3.33. The minimum atomic E-state index is 1.06. The van der Waals surface area contributed by atoms with E-state index in [9.17, 15) is 0 Å². The highest BCUT2D eigenvalue weighted by atomic mass is 79.9. The first-order chi connectivity index (χ1) is 5.86. The van der Waals surface area contributed by atoms with E-state index < -0.39 is 0 Å². The molecule has 0 amide bonds. The van der Waals surface area contributed by atoms with Crippen LogP contribution in [0.1, 0.15) is 0 Å². The van der Waals surface area contributed by atoms with E-state index in [4.69, 9.17) is 0 Å². The third kappa shape index (κ3) is 1.54. The van der Waals surface area contributed by atoms with Crippen LogP contribution in [0, 0.1) is 0 Å². The van der Waals surface area contributed by atoms with Crippen LogP contribution in [0.5, 0.6) is 0 Å². The number of aromatic nitrogens is 2. The summed E-state index contributed by atoms with van der Waals surface area (Å²) in [5.41, 5.74) is 1.06. The van der Waals surface area contributed by atoms with Crippen LogP contribution in [-0.4, -0.2) is 9.97 Å². The molecule has 0 radical (unpaired) electrons. The summed E-state index contributed by atoms with van der Waals surface area (Å²) in [6, 6.07) is 2.06. The fourth-order valence-electron chi connectivity index (χ4n) is 0.891. The average Bonchev–Trinajstić information content (AvgIpc) is 2.54. The molecule has 2 heterocycles. The van der Waals surface area contributed by atoms with Crippen LogP contribution in [0.15, 0.2) is 34.6 Å². The van der Waals surface area contributed by atoms with Gasteiger partial charge in [0.05, 0.1) is 0 Å². The highest BCUT2D eigenvalue weighted by Gasteiger charge is 1.99. The third-order valence-electron chi connectivity index (χ3n) is 1.41. The maximum Gasteiger partial charge on any atom is 0.115 e. The molecule has 2 aromatic rings. The Morgan fingerprint density at radius 3 is 2.58 bits per heavy atom. The van der Waals surface area contributed by atoms with Crippen molar-refractivity contribution < 1.29 is 0 Å². The molecule has 0 bridgehead atoms. The Balaban J connectivity index is 2.45. The number of halogens is 1. The van der Waals surface area contributed by atoms with Gasteiger partial charge in [0.2, 0.25) is 0 Å². The lowest BCUT2D eigenvalue weighted by Gasteiger charge is -1.91. The molecule has 0 saturated heterocycles. The van der Waals surface area contributed by atoms with Crippen molar-refractivity contribution in [3.63, 3.8) is 0 Å². The molecule has 60 valence electrons. The molecular formula is C8H5BrN2S. The van der Waals surface area contributed by atoms with Crippen molar-refractivity contribution in [2.45, 2.75) is 0 Å². The van der Waals surface area contributed by atoms with Crippen molar-refractivity contribution in [1.82, 2.24) is 9.97 Å². The van der Waals surface area contributed by atoms with Gasteiger partial charge >= 0.3 is 0 Å². The van der Waals surface area contributed by atoms with Crippen LogP contribution in [-0.2, 0) is 0 Å². The van der Waals surface area contributed by atoms with Gasteiger partial charge in [-0.05, 0) is 22.0 Å². The van der Waals surface area contributed by atoms with Crippen molar-refractivity contribution in [1.29, 1.82) is 0 Å². The lowest BCUT2D eigenvalue weighted by Crippen LogP contribution is -1.77. The lowest BCUT2D eigenvalue weighted by atomic mass is 10.3. The molecule has 0 aliphatic heterocycles. The summed E-state index contributed by atoms with van der Waals surface area (Å²) < 4.78 is 1.10. The van der Waals surface area contributed by atoms with Gasteiger partial charge in [0.15, 0.2) is 0 Å². The van der Waals surface area contributed by atoms with Crippen molar-refractivity contribution >= 4 is 27.3 Å². The normalized spacial score (nSPS) is 10.1. The maximum atomic E-state index is 3.95. The van der Waals surface area contributed by atoms with Gasteiger partial charge < -0.3 is 0 Å². The summed E-state index contributed by atoms with van der Waals surface area (Å²) in [6.07, 6.45) is 5.16. The van der Waals surface area contributed by atoms with Crippen LogP contribution in [0.25, 0.3) is 10.4 Å². The van der Waals surface area contributed by atoms with Gasteiger partial charge in [-0.25, -0.2) is 9.97 Å². The molecule has 0 aromatic carbocycles. The van der Waals surface area contributed by atoms with E-state index in [1.807, 2.05) is 17.8 Å². The minimum Gasteiger partial charge on any atom is -0.244 e. The molecule has 4 heteroatoms. The number of hydrogen-bond acceptors (Lipinski definition) is 3. The molecule has 0 fully saturated rings. The van der Waals surface area contributed by atoms with Gasteiger partial charge in [-0.15, -0.1) is 11.3 Å². The first kappa shape index (κ1) is 7.89. The number of hydrogen-bond donors (Lipinski definition) is 0. The van der Waals surface area contributed by atoms with Crippen molar-refractivity contribution in [3.8, 4) is 10.4 Å². The highest BCUT2D eigenvalue weighted by molar-refractivity contribution is 9.10. The second-order valence-electron chi connectivity index (χ2n) is 2.26. The fourth-order valence-corrected chi connectivity index (χ4v) is 2.30. The monoisotopic (exact) mass is 240 g/mol. The molecule has 0 aliphatic carbocycles. The van der Waals surface area contributed by atoms with Crippen LogP contribution in [0.2, 0.25) is 0 Å². The Labute approximate surface area is 82.4 Å². The molecule has 0 aliphatic rings. The fraction of sp³-hybridized carbons (Fsp3) is 0. The number of nitrogens with zero attached hydrogens (tertiary/aromatic N) is 2. The summed E-state index contributed by atoms with van der Waals surface area (Å²) in [5, 5.41) is 2.04. The predicted molar refractivity (Wildman–Crippen MR) is 53.0 cm³/mol. The van der Waals surface area contributed by atoms with Crippen LogP contribution in [0.3, 0.4) is 0 Å². The first-order valence-electron chi connectivity index (χ1n) is 3.35. The van der Waals surface area contributed by atoms with Gasteiger partial charge in [0.1, 0.15) is 6.33 Å². The van der Waals surface area contributed by atoms with E-state index in [1.54, 1.807) is 11.3 Å². The van der Waals surface area contributed by atoms with E-state index in [0.29, 0.717) is 0 Å². The van der Waals surface area contributed by atoms with Gasteiger partial charge in [-0.3, -0.25) is 0 Å². The quantitative estimate of drug-likeness (QED) is 0.767. The molecule has 0 saturated carbocycles. The molecule has 12 heavy (non-hydrogen) atoms. The van der Waals surface area contributed by atoms with E-state index in [0.717, 1.165) is 10.0 Å². The van der Waals surface area contributed by atoms with Crippen LogP contribution in [0.4, 0.5) is 0 Å². The van der Waals surface area contributed by atoms with Gasteiger partial charge in [0.25, 0.3) is 0 Å². The first-order valence-corrected chi connectivity index (χ1v) is 5.03. The van der Waals surface area contributed by atoms with Gasteiger partial charge in [-0.2, -0.15) is 0 Å². The Kier molecular flexibility index (Phi) is 2.19. The lowest BCUT2D eigenvalue weighted by molar-refractivity contribution is 1.17. The summed E-state index contributed by atoms with van der Waals surface area (Å²) in [5.74, 6) is 0. The second-order valence-corrected chi connectivity index (χ2v) is 4.08. The van der Waals surface area contributed by atoms with Crippen molar-refractivity contribution in [2.24, 2.45) is 0 Å². The zero-order valence-corrected chi connectivity index (χ0v) is 8.47. The van der Waals surface area contributed by atoms with Crippen LogP contribution >= 0.6 is 27.3 Å². The molecule has 2 rings (SSSR count). The molecule has 0 spiro atoms. The van der Waals surface area contributed by atoms with Gasteiger partial charge in [-0.1, -0.05) is 0 Å². The Hall–Kier alpha value is -0.740. The standard InChI is InChI=1S/C8H5BrN2S/c9-7-1-8(12-4-7)6-2-10-5-11-3-6/h1-5H. The SMILES string of the molecule is Brc1csc(-c2cncnc2)c1. The Bertz CT molecular complexity index is 372. The van der Waals surface area contributed by atoms with E-state index >= 15 is 0 Å². The van der Waals surface area contributed by atoms with E-state index in [1.165, 1.54) is 11.2 Å². The molecule has 0 unspecified atom stereocenters. The summed E-state index contributed by atoms with van der Waals surface area (Å²) in [7, 11) is 0. The predicted octanol–water partition coefficient (Wildman–Crippen LogP) is 2.97. The number of thiophene rings is 1. The zero-order valence-electron chi connectivity index (χ0n) is 6.07. The van der Waals surface area contributed by atoms with E-state index in [2.05, 4.69) is 32.0 Å². The van der Waals surface area contributed by atoms with Crippen LogP contribution < -0.4 is 0 Å². The summed E-state index contributed by atoms with van der Waals surface area (Å²) in [6.45, 7) is 0. The molecule has 2 aromatic heterocycles. The molecule has 0 N–H and O–H groups in total. The Morgan fingerprint density at radius 1 is 1.25 bits per heavy atom. The molecule has 2 nitrogen and oxygen atoms in total. The topological polar surface area (TPSA) is 25.8 Å². The van der Waals surface area contributed by atoms with E-state index in [-0.39, 0.29) is 0 Å². The largest absolute Gasteiger partial charge is 0.244 e. The summed E-state index contributed by atoms with van der Waals surface area (Å²) >= 11 is 5.07.